The summed E-state index contributed by atoms with van der Waals surface area (Å²) in [5.41, 5.74) is 0. The summed E-state index contributed by atoms with van der Waals surface area (Å²) in [7, 11) is 0. The summed E-state index contributed by atoms with van der Waals surface area (Å²) in [5.74, 6) is -0.570. The van der Waals surface area contributed by atoms with Gasteiger partial charge in [-0.3, -0.25) is 19.2 Å². The van der Waals surface area contributed by atoms with E-state index in [0.717, 1.165) is 155 Å². The molecule has 0 aromatic rings. The molecule has 0 radical (unpaired) electrons. The number of ether oxygens (including phenoxy) is 4. The van der Waals surface area contributed by atoms with Crippen molar-refractivity contribution < 1.29 is 43.2 Å². The SMILES string of the molecule is CCCCCCCC(=O)OCC(CCCCN(CCO)CCCCN(CCCCC(COC(=O)CCCCCCC)COC(=O)CCCCCCC)C1CCCCC1)COC(=O)CCCCCCC. The van der Waals surface area contributed by atoms with Crippen molar-refractivity contribution in [1.82, 2.24) is 9.80 Å². The number of hydrogen-bond donors (Lipinski definition) is 1. The number of nitrogens with zero attached hydrogens (tertiary/aromatic N) is 2. The standard InChI is InChI=1S/C58H110N2O9/c1-5-9-13-17-24-38-55(62)66-48-52(49-67-56(63)39-25-18-14-10-6-2)34-28-30-42-59(46-47-61)43-32-33-45-60(54-36-22-21-23-37-54)44-31-29-35-53(50-68-57(64)40-26-19-15-11-7-3)51-69-58(65)41-27-20-16-12-8-4/h52-54,61H,5-51H2,1-4H3. The zero-order valence-electron chi connectivity index (χ0n) is 45.6. The maximum atomic E-state index is 12.6. The molecule has 0 bridgehead atoms. The monoisotopic (exact) mass is 979 g/mol. The van der Waals surface area contributed by atoms with Gasteiger partial charge in [0.2, 0.25) is 0 Å². The second-order valence-electron chi connectivity index (χ2n) is 20.7. The van der Waals surface area contributed by atoms with Gasteiger partial charge in [-0.1, -0.05) is 163 Å². The third-order valence-corrected chi connectivity index (χ3v) is 14.2. The van der Waals surface area contributed by atoms with Crippen LogP contribution >= 0.6 is 0 Å². The van der Waals surface area contributed by atoms with Gasteiger partial charge in [-0.25, -0.2) is 0 Å². The highest BCUT2D eigenvalue weighted by Gasteiger charge is 2.22. The Balaban J connectivity index is 2.68. The first-order valence-electron chi connectivity index (χ1n) is 29.5. The molecule has 1 saturated carbocycles. The van der Waals surface area contributed by atoms with Crippen LogP contribution in [-0.4, -0.2) is 111 Å². The lowest BCUT2D eigenvalue weighted by Crippen LogP contribution is -2.38. The van der Waals surface area contributed by atoms with Crippen LogP contribution in [0.4, 0.5) is 0 Å². The Hall–Kier alpha value is -2.24. The van der Waals surface area contributed by atoms with Gasteiger partial charge in [-0.2, -0.15) is 0 Å². The van der Waals surface area contributed by atoms with Gasteiger partial charge in [-0.05, 0) is 103 Å². The van der Waals surface area contributed by atoms with Crippen molar-refractivity contribution in [2.45, 2.75) is 271 Å². The first-order chi connectivity index (χ1) is 33.8. The van der Waals surface area contributed by atoms with Crippen LogP contribution in [0.3, 0.4) is 0 Å². The molecular formula is C58H110N2O9. The fourth-order valence-electron chi connectivity index (χ4n) is 9.62. The lowest BCUT2D eigenvalue weighted by molar-refractivity contribution is -0.151. The maximum absolute atomic E-state index is 12.6. The number of rotatable bonds is 50. The number of esters is 4. The zero-order chi connectivity index (χ0) is 50.3. The summed E-state index contributed by atoms with van der Waals surface area (Å²) in [5, 5.41) is 9.95. The van der Waals surface area contributed by atoms with Crippen LogP contribution in [-0.2, 0) is 38.1 Å². The molecule has 0 atom stereocenters. The highest BCUT2D eigenvalue weighted by atomic mass is 16.6. The van der Waals surface area contributed by atoms with Crippen molar-refractivity contribution >= 4 is 23.9 Å². The number of carbonyl (C=O) groups excluding carboxylic acids is 4. The lowest BCUT2D eigenvalue weighted by Gasteiger charge is -2.35. The first-order valence-corrected chi connectivity index (χ1v) is 29.5. The maximum Gasteiger partial charge on any atom is 0.305 e. The molecule has 0 saturated heterocycles. The number of unbranched alkanes of at least 4 members (excludes halogenated alkanes) is 19. The Morgan fingerprint density at radius 2 is 0.725 bits per heavy atom. The van der Waals surface area contributed by atoms with Crippen LogP contribution in [0.5, 0.6) is 0 Å². The van der Waals surface area contributed by atoms with Crippen molar-refractivity contribution in [3.63, 3.8) is 0 Å². The Kier molecular flexibility index (Phi) is 45.1. The minimum atomic E-state index is -0.153. The van der Waals surface area contributed by atoms with E-state index < -0.39 is 0 Å². The van der Waals surface area contributed by atoms with E-state index in [1.54, 1.807) is 0 Å². The van der Waals surface area contributed by atoms with Crippen molar-refractivity contribution in [3.05, 3.63) is 0 Å². The minimum absolute atomic E-state index is 0.0130. The third-order valence-electron chi connectivity index (χ3n) is 14.2. The van der Waals surface area contributed by atoms with Crippen LogP contribution in [0.2, 0.25) is 0 Å². The van der Waals surface area contributed by atoms with E-state index in [0.29, 0.717) is 64.7 Å². The van der Waals surface area contributed by atoms with Crippen molar-refractivity contribution in [2.75, 3.05) is 65.8 Å². The molecule has 0 aliphatic heterocycles. The quantitative estimate of drug-likeness (QED) is 0.0355. The molecular weight excluding hydrogens is 869 g/mol. The van der Waals surface area contributed by atoms with E-state index in [-0.39, 0.29) is 42.3 Å². The van der Waals surface area contributed by atoms with E-state index in [2.05, 4.69) is 37.5 Å². The van der Waals surface area contributed by atoms with Gasteiger partial charge in [0.25, 0.3) is 0 Å². The predicted octanol–water partition coefficient (Wildman–Crippen LogP) is 13.9. The van der Waals surface area contributed by atoms with Crippen molar-refractivity contribution in [2.24, 2.45) is 11.8 Å². The topological polar surface area (TPSA) is 132 Å². The van der Waals surface area contributed by atoms with Crippen molar-refractivity contribution in [3.8, 4) is 0 Å². The average Bonchev–Trinajstić information content (AvgIpc) is 3.35. The van der Waals surface area contributed by atoms with Gasteiger partial charge in [0.15, 0.2) is 0 Å². The molecule has 1 aliphatic rings. The number of hydrogen-bond acceptors (Lipinski definition) is 11. The van der Waals surface area contributed by atoms with Crippen LogP contribution in [0.15, 0.2) is 0 Å². The fraction of sp³-hybridized carbons (Fsp3) is 0.931. The molecule has 1 fully saturated rings. The van der Waals surface area contributed by atoms with Gasteiger partial charge in [0.1, 0.15) is 0 Å². The molecule has 11 nitrogen and oxygen atoms in total. The highest BCUT2D eigenvalue weighted by Crippen LogP contribution is 2.24. The number of aliphatic hydroxyl groups is 1. The first kappa shape index (κ1) is 64.8. The molecule has 0 spiro atoms. The van der Waals surface area contributed by atoms with E-state index in [1.165, 1.54) is 83.5 Å². The summed E-state index contributed by atoms with van der Waals surface area (Å²) < 4.78 is 23.0. The largest absolute Gasteiger partial charge is 0.465 e. The molecule has 0 amide bonds. The molecule has 406 valence electrons. The molecule has 69 heavy (non-hydrogen) atoms. The molecule has 0 aromatic carbocycles. The van der Waals surface area contributed by atoms with Crippen LogP contribution in [0.25, 0.3) is 0 Å². The van der Waals surface area contributed by atoms with Gasteiger partial charge < -0.3 is 33.9 Å². The molecule has 0 aromatic heterocycles. The van der Waals surface area contributed by atoms with Crippen LogP contribution < -0.4 is 0 Å². The van der Waals surface area contributed by atoms with Crippen LogP contribution in [0.1, 0.15) is 265 Å². The predicted molar refractivity (Wildman–Crippen MR) is 283 cm³/mol. The lowest BCUT2D eigenvalue weighted by atomic mass is 9.93. The number of carbonyl (C=O) groups is 4. The van der Waals surface area contributed by atoms with Gasteiger partial charge >= 0.3 is 23.9 Å². The Morgan fingerprint density at radius 3 is 1.07 bits per heavy atom. The second-order valence-corrected chi connectivity index (χ2v) is 20.7. The molecule has 1 N–H and O–H groups in total. The second kappa shape index (κ2) is 48.1. The Morgan fingerprint density at radius 1 is 0.406 bits per heavy atom. The molecule has 1 rings (SSSR count). The summed E-state index contributed by atoms with van der Waals surface area (Å²) in [6, 6.07) is 0.628. The van der Waals surface area contributed by atoms with Crippen molar-refractivity contribution in [1.29, 1.82) is 0 Å². The summed E-state index contributed by atoms with van der Waals surface area (Å²) in [4.78, 5) is 55.5. The fourth-order valence-corrected chi connectivity index (χ4v) is 9.62. The summed E-state index contributed by atoms with van der Waals surface area (Å²) in [6.07, 6.45) is 37.9. The molecule has 11 heteroatoms. The van der Waals surface area contributed by atoms with E-state index in [9.17, 15) is 24.3 Å². The Labute approximate surface area is 424 Å². The van der Waals surface area contributed by atoms with Crippen LogP contribution in [0, 0.1) is 11.8 Å². The van der Waals surface area contributed by atoms with E-state index in [1.807, 2.05) is 0 Å². The van der Waals surface area contributed by atoms with Gasteiger partial charge in [0.05, 0.1) is 33.0 Å². The van der Waals surface area contributed by atoms with E-state index in [4.69, 9.17) is 18.9 Å². The normalized spacial score (nSPS) is 13.2. The van der Waals surface area contributed by atoms with Gasteiger partial charge in [-0.15, -0.1) is 0 Å². The molecule has 0 unspecified atom stereocenters. The highest BCUT2D eigenvalue weighted by molar-refractivity contribution is 5.70. The minimum Gasteiger partial charge on any atom is -0.465 e. The summed E-state index contributed by atoms with van der Waals surface area (Å²) in [6.45, 7) is 14.8. The Bertz CT molecular complexity index is 1140. The molecule has 1 aliphatic carbocycles. The van der Waals surface area contributed by atoms with E-state index >= 15 is 0 Å². The summed E-state index contributed by atoms with van der Waals surface area (Å²) >= 11 is 0. The third kappa shape index (κ3) is 40.0. The van der Waals surface area contributed by atoms with Gasteiger partial charge in [0, 0.05) is 50.1 Å². The number of aliphatic hydroxyl groups excluding tert-OH is 1. The molecule has 0 heterocycles. The smallest absolute Gasteiger partial charge is 0.305 e. The zero-order valence-corrected chi connectivity index (χ0v) is 45.6. The average molecular weight is 980 g/mol.